The quantitative estimate of drug-likeness (QED) is 0.319. The second kappa shape index (κ2) is 10.3. The number of sulfonamides is 1. The molecule has 0 bridgehead atoms. The zero-order valence-electron chi connectivity index (χ0n) is 28.3. The van der Waals surface area contributed by atoms with Gasteiger partial charge in [0.05, 0.1) is 11.7 Å². The lowest BCUT2D eigenvalue weighted by atomic mass is 9.32. The summed E-state index contributed by atoms with van der Waals surface area (Å²) >= 11 is 0. The van der Waals surface area contributed by atoms with Gasteiger partial charge in [-0.3, -0.25) is 9.59 Å². The number of rotatable bonds is 5. The van der Waals surface area contributed by atoms with Crippen LogP contribution in [0, 0.1) is 56.7 Å². The van der Waals surface area contributed by atoms with Crippen molar-refractivity contribution in [3.63, 3.8) is 0 Å². The molecule has 1 aromatic carbocycles. The Morgan fingerprint density at radius 1 is 0.889 bits per heavy atom. The van der Waals surface area contributed by atoms with Crippen molar-refractivity contribution in [2.75, 3.05) is 6.26 Å². The summed E-state index contributed by atoms with van der Waals surface area (Å²) in [6, 6.07) is 7.37. The number of carbonyl (C=O) groups excluding carboxylic acids is 1. The average Bonchev–Trinajstić information content (AvgIpc) is 3.34. The van der Waals surface area contributed by atoms with Crippen molar-refractivity contribution in [1.82, 2.24) is 4.72 Å². The molecule has 0 aliphatic heterocycles. The lowest BCUT2D eigenvalue weighted by Crippen LogP contribution is -2.65. The number of aliphatic carboxylic acids is 1. The molecule has 6 nitrogen and oxygen atoms in total. The third-order valence-electron chi connectivity index (χ3n) is 14.8. The van der Waals surface area contributed by atoms with Gasteiger partial charge in [-0.25, -0.2) is 13.1 Å². The van der Waals surface area contributed by atoms with Crippen molar-refractivity contribution in [2.24, 2.45) is 56.7 Å². The first-order valence-electron chi connectivity index (χ1n) is 17.0. The molecule has 2 N–H and O–H groups in total. The number of carboxylic acids is 1. The highest BCUT2D eigenvalue weighted by molar-refractivity contribution is 7.89. The maximum Gasteiger partial charge on any atom is 0.309 e. The minimum absolute atomic E-state index is 0.0792. The molecule has 0 saturated heterocycles. The van der Waals surface area contributed by atoms with Crippen LogP contribution in [-0.2, 0) is 14.8 Å². The molecule has 4 fully saturated rings. The predicted octanol–water partition coefficient (Wildman–Crippen LogP) is 8.11. The standard InChI is InChI=1S/C38H53NO5S/c1-23(2)26-15-20-38(33(41)42)22-21-36(6)28(31(26)38)13-14-30-35(5)18-16-27(34(3,4)29(35)17-19-37(30,36)7)24-9-11-25(12-10-24)32(40)39-45(8,43)44/h9-12,16,26,28-31H,1,13-15,17-22H2,2-8H3,(H,39,40)(H,41,42)/t26-,28+,29-,30+,31+,35-,36+,37+,38-/m0/s1. The van der Waals surface area contributed by atoms with Gasteiger partial charge < -0.3 is 5.11 Å². The molecule has 0 heterocycles. The largest absolute Gasteiger partial charge is 0.481 e. The molecule has 6 rings (SSSR count). The van der Waals surface area contributed by atoms with E-state index in [1.54, 1.807) is 12.1 Å². The van der Waals surface area contributed by atoms with Crippen molar-refractivity contribution in [3.8, 4) is 0 Å². The Hall–Kier alpha value is -2.41. The smallest absolute Gasteiger partial charge is 0.309 e. The second-order valence-electron chi connectivity index (χ2n) is 17.0. The van der Waals surface area contributed by atoms with Gasteiger partial charge in [0.2, 0.25) is 10.0 Å². The van der Waals surface area contributed by atoms with E-state index in [0.29, 0.717) is 29.2 Å². The van der Waals surface area contributed by atoms with Gasteiger partial charge >= 0.3 is 5.97 Å². The molecule has 4 saturated carbocycles. The number of fused-ring (bicyclic) bond motifs is 7. The summed E-state index contributed by atoms with van der Waals surface area (Å²) in [7, 11) is -3.63. The van der Waals surface area contributed by atoms with E-state index in [-0.39, 0.29) is 27.6 Å². The van der Waals surface area contributed by atoms with Crippen molar-refractivity contribution in [1.29, 1.82) is 0 Å². The molecule has 1 aromatic rings. The number of allylic oxidation sites excluding steroid dienone is 3. The van der Waals surface area contributed by atoms with E-state index in [9.17, 15) is 23.1 Å². The number of carboxylic acid groups (broad SMARTS) is 1. The summed E-state index contributed by atoms with van der Waals surface area (Å²) in [5.41, 5.74) is 3.60. The van der Waals surface area contributed by atoms with Crippen LogP contribution in [0.4, 0.5) is 0 Å². The zero-order chi connectivity index (χ0) is 33.0. The first-order valence-corrected chi connectivity index (χ1v) is 18.9. The average molecular weight is 636 g/mol. The van der Waals surface area contributed by atoms with Gasteiger partial charge in [0, 0.05) is 5.56 Å². The van der Waals surface area contributed by atoms with Gasteiger partial charge in [-0.1, -0.05) is 65.0 Å². The van der Waals surface area contributed by atoms with E-state index in [1.807, 2.05) is 12.1 Å². The van der Waals surface area contributed by atoms with Crippen LogP contribution in [0.15, 0.2) is 42.5 Å². The number of carbonyl (C=O) groups is 2. The Kier molecular flexibility index (Phi) is 7.44. The van der Waals surface area contributed by atoms with Crippen LogP contribution in [-0.4, -0.2) is 31.7 Å². The maximum atomic E-state index is 13.0. The number of amides is 1. The van der Waals surface area contributed by atoms with Gasteiger partial charge in [-0.05, 0) is 139 Å². The fourth-order valence-electron chi connectivity index (χ4n) is 12.6. The van der Waals surface area contributed by atoms with Gasteiger partial charge in [0.1, 0.15) is 0 Å². The van der Waals surface area contributed by atoms with E-state index in [2.05, 4.69) is 58.9 Å². The zero-order valence-corrected chi connectivity index (χ0v) is 29.1. The van der Waals surface area contributed by atoms with Gasteiger partial charge in [0.15, 0.2) is 0 Å². The first kappa shape index (κ1) is 32.5. The number of hydrogen-bond acceptors (Lipinski definition) is 4. The second-order valence-corrected chi connectivity index (χ2v) is 18.7. The monoisotopic (exact) mass is 635 g/mol. The molecule has 1 amide bonds. The summed E-state index contributed by atoms with van der Waals surface area (Å²) in [4.78, 5) is 25.4. The molecule has 0 unspecified atom stereocenters. The number of hydrogen-bond donors (Lipinski definition) is 2. The van der Waals surface area contributed by atoms with Crippen LogP contribution in [0.5, 0.6) is 0 Å². The lowest BCUT2D eigenvalue weighted by molar-refractivity contribution is -0.227. The number of benzene rings is 1. The third kappa shape index (κ3) is 4.56. The third-order valence-corrected chi connectivity index (χ3v) is 15.4. The van der Waals surface area contributed by atoms with E-state index in [1.165, 1.54) is 11.1 Å². The molecule has 0 aromatic heterocycles. The molecule has 5 aliphatic carbocycles. The fourth-order valence-corrected chi connectivity index (χ4v) is 13.1. The first-order chi connectivity index (χ1) is 20.8. The van der Waals surface area contributed by atoms with Crippen molar-refractivity contribution >= 4 is 27.5 Å². The van der Waals surface area contributed by atoms with Crippen LogP contribution in [0.3, 0.4) is 0 Å². The van der Waals surface area contributed by atoms with Crippen molar-refractivity contribution in [3.05, 3.63) is 53.6 Å². The molecule has 0 spiro atoms. The molecule has 7 heteroatoms. The van der Waals surface area contributed by atoms with Crippen LogP contribution >= 0.6 is 0 Å². The Morgan fingerprint density at radius 2 is 1.56 bits per heavy atom. The van der Waals surface area contributed by atoms with Crippen LogP contribution in [0.25, 0.3) is 5.57 Å². The van der Waals surface area contributed by atoms with Crippen LogP contribution < -0.4 is 4.72 Å². The normalized spacial score (nSPS) is 41.8. The summed E-state index contributed by atoms with van der Waals surface area (Å²) < 4.78 is 25.2. The Labute approximate surface area is 270 Å². The van der Waals surface area contributed by atoms with Crippen molar-refractivity contribution < 1.29 is 23.1 Å². The maximum absolute atomic E-state index is 13.0. The minimum atomic E-state index is -3.63. The minimum Gasteiger partial charge on any atom is -0.481 e. The lowest BCUT2D eigenvalue weighted by Gasteiger charge is -2.72. The predicted molar refractivity (Wildman–Crippen MR) is 179 cm³/mol. The Morgan fingerprint density at radius 3 is 2.16 bits per heavy atom. The highest BCUT2D eigenvalue weighted by Crippen LogP contribution is 2.77. The highest BCUT2D eigenvalue weighted by atomic mass is 32.2. The summed E-state index contributed by atoms with van der Waals surface area (Å²) in [5.74, 6) is 0.775. The van der Waals surface area contributed by atoms with Crippen molar-refractivity contribution in [2.45, 2.75) is 99.3 Å². The Balaban J connectivity index is 1.32. The highest BCUT2D eigenvalue weighted by Gasteiger charge is 2.71. The Bertz CT molecular complexity index is 1570. The number of nitrogens with one attached hydrogen (secondary N) is 1. The molecule has 0 radical (unpaired) electrons. The summed E-state index contributed by atoms with van der Waals surface area (Å²) in [6.07, 6.45) is 12.6. The molecule has 5 aliphatic rings. The molecule has 9 atom stereocenters. The molecule has 45 heavy (non-hydrogen) atoms. The fraction of sp³-hybridized carbons (Fsp3) is 0.684. The summed E-state index contributed by atoms with van der Waals surface area (Å²) in [6.45, 7) is 19.0. The molecular weight excluding hydrogens is 582 g/mol. The van der Waals surface area contributed by atoms with Crippen LogP contribution in [0.2, 0.25) is 0 Å². The van der Waals surface area contributed by atoms with E-state index < -0.39 is 27.3 Å². The van der Waals surface area contributed by atoms with Gasteiger partial charge in [-0.15, -0.1) is 0 Å². The molecular formula is C38H53NO5S. The van der Waals surface area contributed by atoms with E-state index in [4.69, 9.17) is 0 Å². The molecule has 246 valence electrons. The van der Waals surface area contributed by atoms with Gasteiger partial charge in [-0.2, -0.15) is 0 Å². The van der Waals surface area contributed by atoms with E-state index in [0.717, 1.165) is 69.6 Å². The van der Waals surface area contributed by atoms with Gasteiger partial charge in [0.25, 0.3) is 5.91 Å². The topological polar surface area (TPSA) is 101 Å². The summed E-state index contributed by atoms with van der Waals surface area (Å²) in [5, 5.41) is 10.6. The van der Waals surface area contributed by atoms with Crippen LogP contribution in [0.1, 0.15) is 115 Å². The SMILES string of the molecule is C=C(C)[C@@H]1CC[C@]2(C(=O)O)CC[C@]3(C)[C@H](CC[C@@H]4[C@@]5(C)CC=C(c6ccc(C(=O)NS(C)(=O)=O)cc6)C(C)(C)[C@@H]5CC[C@]43C)[C@@H]12. The van der Waals surface area contributed by atoms with E-state index >= 15 is 0 Å².